The average Bonchev–Trinajstić information content (AvgIpc) is 3.23. The molecule has 0 radical (unpaired) electrons. The third-order valence-corrected chi connectivity index (χ3v) is 7.28. The van der Waals surface area contributed by atoms with Crippen LogP contribution in [0.3, 0.4) is 0 Å². The van der Waals surface area contributed by atoms with Gasteiger partial charge in [0.1, 0.15) is 29.2 Å². The van der Waals surface area contributed by atoms with Crippen molar-refractivity contribution < 1.29 is 41.8 Å². The molecule has 1 heterocycles. The standard InChI is InChI=1S/C34H37F3N2O6/c1-31(2,3)45-30(42)39-32(4,5)44-21-33(39,6)29(41)38-19-27(40)25-16-17-28(26(18-25)34(35,36)37)43-20-22-12-14-24(15-13-22)23-10-8-7-9-11-23/h7-18H,19-21H2,1-6H3,(H,38,41)/t33-/m1/s1. The molecule has 45 heavy (non-hydrogen) atoms. The van der Waals surface area contributed by atoms with Gasteiger partial charge in [0.25, 0.3) is 0 Å². The Balaban J connectivity index is 1.44. The van der Waals surface area contributed by atoms with E-state index in [1.54, 1.807) is 46.8 Å². The molecular weight excluding hydrogens is 589 g/mol. The SMILES string of the molecule is CC(C)(C)OC(=O)N1C(C)(C)OC[C@]1(C)C(=O)NCC(=O)c1ccc(OCc2ccc(-c3ccccc3)cc2)c(C(F)(F)F)c1. The number of hydrogen-bond donors (Lipinski definition) is 1. The van der Waals surface area contributed by atoms with Gasteiger partial charge in [-0.1, -0.05) is 54.6 Å². The largest absolute Gasteiger partial charge is 0.488 e. The molecule has 1 saturated heterocycles. The number of alkyl halides is 3. The molecule has 3 aromatic rings. The van der Waals surface area contributed by atoms with Gasteiger partial charge in [-0.05, 0) is 76.4 Å². The summed E-state index contributed by atoms with van der Waals surface area (Å²) in [5.74, 6) is -1.91. The molecule has 0 aromatic heterocycles. The van der Waals surface area contributed by atoms with Crippen molar-refractivity contribution in [3.05, 3.63) is 89.5 Å². The summed E-state index contributed by atoms with van der Waals surface area (Å²) in [5, 5.41) is 2.45. The van der Waals surface area contributed by atoms with Crippen molar-refractivity contribution in [3.63, 3.8) is 0 Å². The third-order valence-electron chi connectivity index (χ3n) is 7.28. The molecule has 0 spiro atoms. The molecule has 2 amide bonds. The molecule has 0 unspecified atom stereocenters. The highest BCUT2D eigenvalue weighted by molar-refractivity contribution is 6.01. The van der Waals surface area contributed by atoms with Crippen LogP contribution in [0.4, 0.5) is 18.0 Å². The van der Waals surface area contributed by atoms with Gasteiger partial charge in [0.15, 0.2) is 5.78 Å². The first-order valence-electron chi connectivity index (χ1n) is 14.4. The molecule has 0 aliphatic carbocycles. The van der Waals surface area contributed by atoms with Crippen molar-refractivity contribution in [2.45, 2.75) is 71.2 Å². The zero-order chi connectivity index (χ0) is 33.2. The van der Waals surface area contributed by atoms with E-state index in [-0.39, 0.29) is 18.8 Å². The Kier molecular flexibility index (Phi) is 9.35. The summed E-state index contributed by atoms with van der Waals surface area (Å²) < 4.78 is 58.7. The summed E-state index contributed by atoms with van der Waals surface area (Å²) in [6, 6.07) is 19.9. The Hall–Kier alpha value is -4.38. The van der Waals surface area contributed by atoms with Gasteiger partial charge in [0, 0.05) is 5.56 Å². The van der Waals surface area contributed by atoms with Crippen molar-refractivity contribution in [1.82, 2.24) is 10.2 Å². The lowest BCUT2D eigenvalue weighted by molar-refractivity contribution is -0.139. The zero-order valence-electron chi connectivity index (χ0n) is 26.1. The minimum Gasteiger partial charge on any atom is -0.488 e. The summed E-state index contributed by atoms with van der Waals surface area (Å²) in [6.07, 6.45) is -5.59. The number of amides is 2. The summed E-state index contributed by atoms with van der Waals surface area (Å²) in [6.45, 7) is 8.80. The average molecular weight is 627 g/mol. The molecule has 11 heteroatoms. The van der Waals surface area contributed by atoms with Crippen molar-refractivity contribution >= 4 is 17.8 Å². The second kappa shape index (κ2) is 12.5. The van der Waals surface area contributed by atoms with Crippen LogP contribution in [0.25, 0.3) is 11.1 Å². The summed E-state index contributed by atoms with van der Waals surface area (Å²) in [4.78, 5) is 40.4. The fourth-order valence-corrected chi connectivity index (χ4v) is 5.03. The number of Topliss-reactive ketones (excluding diaryl/α,β-unsaturated/α-hetero) is 1. The maximum absolute atomic E-state index is 14.0. The first-order valence-corrected chi connectivity index (χ1v) is 14.4. The highest BCUT2D eigenvalue weighted by Gasteiger charge is 2.57. The third kappa shape index (κ3) is 7.83. The van der Waals surface area contributed by atoms with Crippen LogP contribution in [0.1, 0.15) is 63.0 Å². The van der Waals surface area contributed by atoms with Crippen molar-refractivity contribution in [3.8, 4) is 16.9 Å². The van der Waals surface area contributed by atoms with Gasteiger partial charge >= 0.3 is 12.3 Å². The van der Waals surface area contributed by atoms with Crippen LogP contribution in [0.5, 0.6) is 5.75 Å². The predicted molar refractivity (Wildman–Crippen MR) is 162 cm³/mol. The molecule has 4 rings (SSSR count). The Morgan fingerprint density at radius 3 is 2.13 bits per heavy atom. The van der Waals surface area contributed by atoms with Crippen LogP contribution < -0.4 is 10.1 Å². The molecule has 3 aromatic carbocycles. The van der Waals surface area contributed by atoms with Gasteiger partial charge in [-0.2, -0.15) is 13.2 Å². The van der Waals surface area contributed by atoms with E-state index in [4.69, 9.17) is 14.2 Å². The van der Waals surface area contributed by atoms with E-state index in [0.29, 0.717) is 11.6 Å². The van der Waals surface area contributed by atoms with Crippen LogP contribution in [0.15, 0.2) is 72.8 Å². The van der Waals surface area contributed by atoms with Gasteiger partial charge in [-0.3, -0.25) is 14.5 Å². The first kappa shape index (κ1) is 33.5. The van der Waals surface area contributed by atoms with Crippen LogP contribution >= 0.6 is 0 Å². The lowest BCUT2D eigenvalue weighted by atomic mass is 9.99. The van der Waals surface area contributed by atoms with Crippen molar-refractivity contribution in [2.24, 2.45) is 0 Å². The minimum absolute atomic E-state index is 0.118. The van der Waals surface area contributed by atoms with Crippen molar-refractivity contribution in [2.75, 3.05) is 13.2 Å². The van der Waals surface area contributed by atoms with E-state index >= 15 is 0 Å². The molecule has 240 valence electrons. The maximum atomic E-state index is 14.0. The highest BCUT2D eigenvalue weighted by Crippen LogP contribution is 2.38. The normalized spacial score (nSPS) is 17.9. The number of ketones is 1. The number of hydrogen-bond acceptors (Lipinski definition) is 6. The molecule has 1 atom stereocenters. The van der Waals surface area contributed by atoms with E-state index in [1.807, 2.05) is 42.5 Å². The summed E-state index contributed by atoms with van der Waals surface area (Å²) in [7, 11) is 0. The number of ether oxygens (including phenoxy) is 3. The molecular formula is C34H37F3N2O6. The number of benzene rings is 3. The van der Waals surface area contributed by atoms with E-state index in [1.165, 1.54) is 13.0 Å². The number of carbonyl (C=O) groups is 3. The van der Waals surface area contributed by atoms with Gasteiger partial charge in [0.2, 0.25) is 5.91 Å². The Morgan fingerprint density at radius 2 is 1.53 bits per heavy atom. The Morgan fingerprint density at radius 1 is 0.911 bits per heavy atom. The summed E-state index contributed by atoms with van der Waals surface area (Å²) in [5.41, 5.74) is -2.33. The van der Waals surface area contributed by atoms with E-state index < -0.39 is 58.7 Å². The molecule has 1 aliphatic heterocycles. The van der Waals surface area contributed by atoms with Crippen LogP contribution in [0.2, 0.25) is 0 Å². The Bertz CT molecular complexity index is 1550. The van der Waals surface area contributed by atoms with Crippen molar-refractivity contribution in [1.29, 1.82) is 0 Å². The number of halogens is 3. The number of carbonyl (C=O) groups excluding carboxylic acids is 3. The molecule has 1 fully saturated rings. The van der Waals surface area contributed by atoms with Gasteiger partial charge < -0.3 is 19.5 Å². The predicted octanol–water partition coefficient (Wildman–Crippen LogP) is 7.01. The van der Waals surface area contributed by atoms with Gasteiger partial charge in [0.05, 0.1) is 18.7 Å². The zero-order valence-corrected chi connectivity index (χ0v) is 26.1. The van der Waals surface area contributed by atoms with E-state index in [9.17, 15) is 27.6 Å². The van der Waals surface area contributed by atoms with E-state index in [2.05, 4.69) is 5.32 Å². The maximum Gasteiger partial charge on any atom is 0.419 e. The van der Waals surface area contributed by atoms with Gasteiger partial charge in [-0.15, -0.1) is 0 Å². The Labute approximate surface area is 260 Å². The molecule has 1 aliphatic rings. The minimum atomic E-state index is -4.81. The smallest absolute Gasteiger partial charge is 0.419 e. The fraction of sp³-hybridized carbons (Fsp3) is 0.382. The number of nitrogens with one attached hydrogen (secondary N) is 1. The lowest BCUT2D eigenvalue weighted by Gasteiger charge is -2.39. The fourth-order valence-electron chi connectivity index (χ4n) is 5.03. The molecule has 1 N–H and O–H groups in total. The molecule has 0 bridgehead atoms. The van der Waals surface area contributed by atoms with E-state index in [0.717, 1.165) is 22.1 Å². The summed E-state index contributed by atoms with van der Waals surface area (Å²) >= 11 is 0. The second-order valence-electron chi connectivity index (χ2n) is 12.5. The quantitative estimate of drug-likeness (QED) is 0.271. The first-order chi connectivity index (χ1) is 20.9. The van der Waals surface area contributed by atoms with Crippen LogP contribution in [0, 0.1) is 0 Å². The van der Waals surface area contributed by atoms with Crippen LogP contribution in [-0.2, 0) is 27.1 Å². The molecule has 8 nitrogen and oxygen atoms in total. The lowest BCUT2D eigenvalue weighted by Crippen LogP contribution is -2.62. The second-order valence-corrected chi connectivity index (χ2v) is 12.5. The number of nitrogens with zero attached hydrogens (tertiary/aromatic N) is 1. The monoisotopic (exact) mass is 626 g/mol. The van der Waals surface area contributed by atoms with Gasteiger partial charge in [-0.25, -0.2) is 4.79 Å². The van der Waals surface area contributed by atoms with Crippen LogP contribution in [-0.4, -0.2) is 52.7 Å². The number of rotatable bonds is 8. The topological polar surface area (TPSA) is 94.2 Å². The molecule has 0 saturated carbocycles. The highest BCUT2D eigenvalue weighted by atomic mass is 19.4.